The molecule has 2 nitrogen and oxygen atoms in total. The van der Waals surface area contributed by atoms with Crippen molar-refractivity contribution in [2.24, 2.45) is 4.99 Å². The highest BCUT2D eigenvalue weighted by atomic mass is 15.0. The van der Waals surface area contributed by atoms with Crippen molar-refractivity contribution in [1.82, 2.24) is 5.32 Å². The van der Waals surface area contributed by atoms with Gasteiger partial charge in [0.15, 0.2) is 0 Å². The second kappa shape index (κ2) is 8.52. The molecule has 0 saturated carbocycles. The molecule has 120 valence electrons. The zero-order chi connectivity index (χ0) is 15.7. The lowest BCUT2D eigenvalue weighted by molar-refractivity contribution is 0.638. The summed E-state index contributed by atoms with van der Waals surface area (Å²) in [7, 11) is 0. The topological polar surface area (TPSA) is 24.4 Å². The zero-order valence-electron chi connectivity index (χ0n) is 13.8. The molecular formula is C21H26N2. The molecule has 0 atom stereocenters. The van der Waals surface area contributed by atoms with Gasteiger partial charge in [-0.3, -0.25) is 4.99 Å². The van der Waals surface area contributed by atoms with Crippen molar-refractivity contribution >= 4 is 5.84 Å². The largest absolute Gasteiger partial charge is 0.370 e. The van der Waals surface area contributed by atoms with E-state index in [0.717, 1.165) is 19.5 Å². The molecule has 1 aliphatic rings. The molecule has 23 heavy (non-hydrogen) atoms. The van der Waals surface area contributed by atoms with Crippen molar-refractivity contribution < 1.29 is 0 Å². The first-order valence-electron chi connectivity index (χ1n) is 8.84. The number of hydrogen-bond donors (Lipinski definition) is 1. The first-order chi connectivity index (χ1) is 11.4. The highest BCUT2D eigenvalue weighted by Gasteiger charge is 2.06. The fraction of sp³-hybridized carbons (Fsp3) is 0.381. The standard InChI is InChI=1S/C21H26N2/c1-2-7-15-21(22-16-10-3-1)23-17-19-13-8-9-14-20(19)18-11-5-4-6-12-18/h4-6,8-9,11-14H,1-3,7,10,15-17H2,(H,22,23). The monoisotopic (exact) mass is 306 g/mol. The molecule has 1 heterocycles. The minimum Gasteiger partial charge on any atom is -0.370 e. The van der Waals surface area contributed by atoms with E-state index in [1.165, 1.54) is 54.6 Å². The van der Waals surface area contributed by atoms with Gasteiger partial charge in [0, 0.05) is 19.5 Å². The summed E-state index contributed by atoms with van der Waals surface area (Å²) in [6, 6.07) is 19.3. The van der Waals surface area contributed by atoms with Crippen LogP contribution in [-0.2, 0) is 6.54 Å². The smallest absolute Gasteiger partial charge is 0.0965 e. The molecule has 0 spiro atoms. The Balaban J connectivity index is 1.70. The summed E-state index contributed by atoms with van der Waals surface area (Å²) in [5.74, 6) is 1.19. The molecule has 3 rings (SSSR count). The van der Waals surface area contributed by atoms with E-state index in [2.05, 4.69) is 59.9 Å². The van der Waals surface area contributed by atoms with Crippen molar-refractivity contribution in [2.75, 3.05) is 6.54 Å². The number of nitrogens with zero attached hydrogens (tertiary/aromatic N) is 1. The van der Waals surface area contributed by atoms with Crippen LogP contribution in [0.3, 0.4) is 0 Å². The minimum atomic E-state index is 0.851. The predicted octanol–water partition coefficient (Wildman–Crippen LogP) is 5.20. The molecule has 0 aliphatic carbocycles. The molecule has 2 aromatic rings. The molecule has 1 aliphatic heterocycles. The van der Waals surface area contributed by atoms with E-state index in [4.69, 9.17) is 4.99 Å². The average Bonchev–Trinajstić information content (AvgIpc) is 2.75. The van der Waals surface area contributed by atoms with Crippen LogP contribution >= 0.6 is 0 Å². The Morgan fingerprint density at radius 1 is 0.783 bits per heavy atom. The number of amidine groups is 1. The van der Waals surface area contributed by atoms with Crippen molar-refractivity contribution in [3.05, 3.63) is 60.2 Å². The molecule has 2 aromatic carbocycles. The van der Waals surface area contributed by atoms with Gasteiger partial charge in [0.25, 0.3) is 0 Å². The fourth-order valence-electron chi connectivity index (χ4n) is 3.14. The summed E-state index contributed by atoms with van der Waals surface area (Å²) in [6.45, 7) is 1.83. The lowest BCUT2D eigenvalue weighted by Gasteiger charge is -2.13. The van der Waals surface area contributed by atoms with E-state index in [1.807, 2.05) is 0 Å². The van der Waals surface area contributed by atoms with Crippen LogP contribution in [-0.4, -0.2) is 12.4 Å². The third-order valence-electron chi connectivity index (χ3n) is 4.46. The Labute approximate surface area is 139 Å². The van der Waals surface area contributed by atoms with Crippen LogP contribution in [0.5, 0.6) is 0 Å². The van der Waals surface area contributed by atoms with Gasteiger partial charge in [-0.1, -0.05) is 73.9 Å². The van der Waals surface area contributed by atoms with Gasteiger partial charge in [0.05, 0.1) is 5.84 Å². The number of rotatable bonds is 3. The molecule has 0 bridgehead atoms. The van der Waals surface area contributed by atoms with Crippen LogP contribution < -0.4 is 5.32 Å². The van der Waals surface area contributed by atoms with Gasteiger partial charge in [0.2, 0.25) is 0 Å². The molecular weight excluding hydrogens is 280 g/mol. The molecule has 0 radical (unpaired) electrons. The van der Waals surface area contributed by atoms with Crippen LogP contribution in [0, 0.1) is 0 Å². The quantitative estimate of drug-likeness (QED) is 0.828. The number of hydrogen-bond acceptors (Lipinski definition) is 2. The summed E-state index contributed by atoms with van der Waals surface area (Å²) in [5.41, 5.74) is 3.92. The van der Waals surface area contributed by atoms with E-state index in [1.54, 1.807) is 0 Å². The maximum Gasteiger partial charge on any atom is 0.0965 e. The van der Waals surface area contributed by atoms with Gasteiger partial charge in [-0.2, -0.15) is 0 Å². The third kappa shape index (κ3) is 4.69. The molecule has 0 aromatic heterocycles. The van der Waals surface area contributed by atoms with Crippen molar-refractivity contribution in [3.63, 3.8) is 0 Å². The highest BCUT2D eigenvalue weighted by molar-refractivity contribution is 5.82. The molecule has 0 unspecified atom stereocenters. The van der Waals surface area contributed by atoms with Gasteiger partial charge < -0.3 is 5.32 Å². The predicted molar refractivity (Wildman–Crippen MR) is 98.7 cm³/mol. The summed E-state index contributed by atoms with van der Waals surface area (Å²) in [5, 5.41) is 3.59. The Morgan fingerprint density at radius 2 is 1.52 bits per heavy atom. The van der Waals surface area contributed by atoms with Gasteiger partial charge in [-0.05, 0) is 29.5 Å². The number of benzene rings is 2. The second-order valence-corrected chi connectivity index (χ2v) is 6.22. The van der Waals surface area contributed by atoms with E-state index in [9.17, 15) is 0 Å². The summed E-state index contributed by atoms with van der Waals surface area (Å²) in [4.78, 5) is 4.77. The van der Waals surface area contributed by atoms with Crippen molar-refractivity contribution in [2.45, 2.75) is 45.1 Å². The summed E-state index contributed by atoms with van der Waals surface area (Å²) >= 11 is 0. The first kappa shape index (κ1) is 15.8. The van der Waals surface area contributed by atoms with E-state index in [-0.39, 0.29) is 0 Å². The Hall–Kier alpha value is -2.09. The third-order valence-corrected chi connectivity index (χ3v) is 4.46. The van der Waals surface area contributed by atoms with Crippen LogP contribution in [0.25, 0.3) is 11.1 Å². The summed E-state index contributed by atoms with van der Waals surface area (Å²) in [6.07, 6.45) is 7.60. The van der Waals surface area contributed by atoms with Crippen molar-refractivity contribution in [3.8, 4) is 11.1 Å². The lowest BCUT2D eigenvalue weighted by atomic mass is 10.00. The maximum absolute atomic E-state index is 4.77. The minimum absolute atomic E-state index is 0.851. The molecule has 2 heteroatoms. The first-order valence-corrected chi connectivity index (χ1v) is 8.84. The molecule has 0 fully saturated rings. The molecule has 0 amide bonds. The zero-order valence-corrected chi connectivity index (χ0v) is 13.8. The van der Waals surface area contributed by atoms with Crippen LogP contribution in [0.4, 0.5) is 0 Å². The van der Waals surface area contributed by atoms with E-state index in [0.29, 0.717) is 0 Å². The SMILES string of the molecule is c1ccc(-c2ccccc2CNC2=NCCCCCCC2)cc1. The second-order valence-electron chi connectivity index (χ2n) is 6.22. The maximum atomic E-state index is 4.77. The van der Waals surface area contributed by atoms with Crippen molar-refractivity contribution in [1.29, 1.82) is 0 Å². The number of nitrogens with one attached hydrogen (secondary N) is 1. The molecule has 1 N–H and O–H groups in total. The Bertz CT molecular complexity index is 631. The normalized spacial score (nSPS) is 15.9. The lowest BCUT2D eigenvalue weighted by Crippen LogP contribution is -2.23. The Kier molecular flexibility index (Phi) is 5.85. The van der Waals surface area contributed by atoms with Crippen LogP contribution in [0.15, 0.2) is 59.6 Å². The van der Waals surface area contributed by atoms with E-state index >= 15 is 0 Å². The van der Waals surface area contributed by atoms with Crippen LogP contribution in [0.2, 0.25) is 0 Å². The van der Waals surface area contributed by atoms with Gasteiger partial charge >= 0.3 is 0 Å². The van der Waals surface area contributed by atoms with Gasteiger partial charge in [-0.15, -0.1) is 0 Å². The summed E-state index contributed by atoms with van der Waals surface area (Å²) < 4.78 is 0. The van der Waals surface area contributed by atoms with Gasteiger partial charge in [-0.25, -0.2) is 0 Å². The number of aliphatic imine (C=N–C) groups is 1. The Morgan fingerprint density at radius 3 is 2.43 bits per heavy atom. The average molecular weight is 306 g/mol. The molecule has 0 saturated heterocycles. The van der Waals surface area contributed by atoms with Gasteiger partial charge in [0.1, 0.15) is 0 Å². The fourth-order valence-corrected chi connectivity index (χ4v) is 3.14. The van der Waals surface area contributed by atoms with E-state index < -0.39 is 0 Å². The highest BCUT2D eigenvalue weighted by Crippen LogP contribution is 2.23. The van der Waals surface area contributed by atoms with Crippen LogP contribution in [0.1, 0.15) is 44.1 Å².